The first-order valence-electron chi connectivity index (χ1n) is 13.3. The Hall–Kier alpha value is -3.47. The average molecular weight is 559 g/mol. The van der Waals surface area contributed by atoms with Crippen LogP contribution in [0.3, 0.4) is 0 Å². The number of nitro groups is 1. The summed E-state index contributed by atoms with van der Waals surface area (Å²) in [6.45, 7) is 4.83. The number of aliphatic hydroxyl groups excluding tert-OH is 1. The second-order valence-electron chi connectivity index (χ2n) is 12.0. The van der Waals surface area contributed by atoms with E-state index in [-0.39, 0.29) is 36.1 Å². The number of nitro benzene ring substituents is 1. The molecule has 0 bridgehead atoms. The summed E-state index contributed by atoms with van der Waals surface area (Å²) in [7, 11) is 1.37. The van der Waals surface area contributed by atoms with E-state index in [1.807, 2.05) is 0 Å². The molecule has 40 heavy (non-hydrogen) atoms. The standard InChI is InChI=1S/C29H32F2N2O7/c1-15-10-19-20-13-22(30)21-12-18(34)8-9-26(21,2)28(20,31)23(35)14-27(19,3)29(15,25(37)32-4)40-24(36)16-6-5-7-17(11-16)33(38)39/h5-9,11-12,15,19-20,22-23,35H,10,13-14H2,1-4H3,(H,32,37)/t15-,19+,20+,22+,23+,26+,27+,28+,29+/m1/s1. The normalized spacial score (nSPS) is 41.7. The Kier molecular flexibility index (Phi) is 6.33. The van der Waals surface area contributed by atoms with E-state index in [0.717, 1.165) is 12.1 Å². The topological polar surface area (TPSA) is 136 Å². The number of amides is 1. The lowest BCUT2D eigenvalue weighted by Crippen LogP contribution is -2.71. The van der Waals surface area contributed by atoms with Crippen LogP contribution in [-0.2, 0) is 14.3 Å². The number of fused-ring (bicyclic) bond motifs is 5. The van der Waals surface area contributed by atoms with Crippen molar-refractivity contribution in [2.45, 2.75) is 63.6 Å². The molecular weight excluding hydrogens is 526 g/mol. The Balaban J connectivity index is 1.61. The molecule has 214 valence electrons. The first-order chi connectivity index (χ1) is 18.7. The number of hydrogen-bond acceptors (Lipinski definition) is 7. The Bertz CT molecular complexity index is 1380. The molecular formula is C29H32F2N2O7. The van der Waals surface area contributed by atoms with Gasteiger partial charge in [0.1, 0.15) is 6.17 Å². The highest BCUT2D eigenvalue weighted by Crippen LogP contribution is 2.71. The quantitative estimate of drug-likeness (QED) is 0.326. The molecule has 0 unspecified atom stereocenters. The van der Waals surface area contributed by atoms with Gasteiger partial charge in [-0.2, -0.15) is 0 Å². The summed E-state index contributed by atoms with van der Waals surface area (Å²) in [5.41, 5.74) is -7.66. The van der Waals surface area contributed by atoms with Crippen LogP contribution in [0.1, 0.15) is 50.4 Å². The lowest BCUT2D eigenvalue weighted by molar-refractivity contribution is -0.384. The van der Waals surface area contributed by atoms with Gasteiger partial charge in [-0.05, 0) is 55.9 Å². The summed E-state index contributed by atoms with van der Waals surface area (Å²) in [6, 6.07) is 4.91. The molecule has 5 rings (SSSR count). The first kappa shape index (κ1) is 28.1. The van der Waals surface area contributed by atoms with Crippen LogP contribution < -0.4 is 5.32 Å². The second kappa shape index (κ2) is 9.02. The number of ketones is 1. The van der Waals surface area contributed by atoms with E-state index in [2.05, 4.69) is 5.32 Å². The highest BCUT2D eigenvalue weighted by Gasteiger charge is 2.78. The van der Waals surface area contributed by atoms with Crippen molar-refractivity contribution in [1.82, 2.24) is 5.32 Å². The molecule has 3 fully saturated rings. The van der Waals surface area contributed by atoms with Gasteiger partial charge < -0.3 is 15.2 Å². The number of carbonyl (C=O) groups is 3. The van der Waals surface area contributed by atoms with Gasteiger partial charge in [0.2, 0.25) is 0 Å². The number of nitrogens with one attached hydrogen (secondary N) is 1. The van der Waals surface area contributed by atoms with Gasteiger partial charge in [0.25, 0.3) is 11.6 Å². The van der Waals surface area contributed by atoms with Gasteiger partial charge in [-0.15, -0.1) is 0 Å². The molecule has 9 nitrogen and oxygen atoms in total. The highest BCUT2D eigenvalue weighted by atomic mass is 19.1. The number of benzene rings is 1. The molecule has 0 spiro atoms. The monoisotopic (exact) mass is 558 g/mol. The molecule has 0 aliphatic heterocycles. The highest BCUT2D eigenvalue weighted by molar-refractivity contribution is 6.01. The summed E-state index contributed by atoms with van der Waals surface area (Å²) in [6.07, 6.45) is -0.119. The molecule has 9 atom stereocenters. The van der Waals surface area contributed by atoms with Crippen molar-refractivity contribution in [2.24, 2.45) is 28.6 Å². The van der Waals surface area contributed by atoms with Crippen molar-refractivity contribution in [2.75, 3.05) is 7.05 Å². The van der Waals surface area contributed by atoms with Crippen molar-refractivity contribution in [3.63, 3.8) is 0 Å². The number of hydrogen-bond donors (Lipinski definition) is 2. The van der Waals surface area contributed by atoms with Gasteiger partial charge >= 0.3 is 5.97 Å². The minimum atomic E-state index is -2.36. The van der Waals surface area contributed by atoms with Gasteiger partial charge in [-0.1, -0.05) is 26.0 Å². The van der Waals surface area contributed by atoms with E-state index in [1.165, 1.54) is 44.3 Å². The van der Waals surface area contributed by atoms with E-state index in [1.54, 1.807) is 13.8 Å². The Morgan fingerprint density at radius 2 is 1.93 bits per heavy atom. The number of likely N-dealkylation sites (N-methyl/N-ethyl adjacent to an activating group) is 1. The SMILES string of the molecule is CNC(=O)[C@@]1(OC(=O)c2cccc([N+](=O)[O-])c2)[C@H](C)C[C@H]2[C@@H]3C[C@H](F)C4=CC(=O)C=C[C@]4(C)[C@@]3(F)[C@@H](O)C[C@@]21C. The van der Waals surface area contributed by atoms with Crippen LogP contribution in [-0.4, -0.2) is 58.3 Å². The number of rotatable bonds is 4. The van der Waals surface area contributed by atoms with Crippen molar-refractivity contribution >= 4 is 23.3 Å². The molecule has 0 saturated heterocycles. The van der Waals surface area contributed by atoms with Crippen LogP contribution in [0.4, 0.5) is 14.5 Å². The summed E-state index contributed by atoms with van der Waals surface area (Å²) < 4.78 is 39.2. The second-order valence-corrected chi connectivity index (χ2v) is 12.0. The first-order valence-corrected chi connectivity index (χ1v) is 13.3. The van der Waals surface area contributed by atoms with E-state index in [9.17, 15) is 29.6 Å². The fraction of sp³-hybridized carbons (Fsp3) is 0.552. The van der Waals surface area contributed by atoms with Gasteiger partial charge in [0.15, 0.2) is 17.1 Å². The van der Waals surface area contributed by atoms with Crippen LogP contribution >= 0.6 is 0 Å². The maximum absolute atomic E-state index is 17.5. The third-order valence-electron chi connectivity index (χ3n) is 10.3. The lowest BCUT2D eigenvalue weighted by Gasteiger charge is -2.63. The van der Waals surface area contributed by atoms with Crippen LogP contribution in [0, 0.1) is 38.7 Å². The minimum Gasteiger partial charge on any atom is -0.444 e. The lowest BCUT2D eigenvalue weighted by atomic mass is 9.44. The summed E-state index contributed by atoms with van der Waals surface area (Å²) in [5, 5.41) is 25.4. The fourth-order valence-electron chi connectivity index (χ4n) is 8.41. The van der Waals surface area contributed by atoms with Gasteiger partial charge in [-0.3, -0.25) is 19.7 Å². The third-order valence-corrected chi connectivity index (χ3v) is 10.3. The molecule has 0 radical (unpaired) electrons. The Labute approximate surface area is 229 Å². The molecule has 4 aliphatic carbocycles. The largest absolute Gasteiger partial charge is 0.444 e. The van der Waals surface area contributed by atoms with Crippen molar-refractivity contribution < 1.29 is 37.9 Å². The van der Waals surface area contributed by atoms with Crippen LogP contribution in [0.15, 0.2) is 48.1 Å². The number of nitrogens with zero attached hydrogens (tertiary/aromatic N) is 1. The van der Waals surface area contributed by atoms with E-state index in [4.69, 9.17) is 4.74 Å². The third kappa shape index (κ3) is 3.42. The summed E-state index contributed by atoms with van der Waals surface area (Å²) in [4.78, 5) is 49.8. The summed E-state index contributed by atoms with van der Waals surface area (Å²) >= 11 is 0. The predicted molar refractivity (Wildman–Crippen MR) is 138 cm³/mol. The number of alkyl halides is 2. The molecule has 2 N–H and O–H groups in total. The molecule has 1 aromatic rings. The van der Waals surface area contributed by atoms with E-state index < -0.39 is 74.7 Å². The van der Waals surface area contributed by atoms with E-state index in [0.29, 0.717) is 0 Å². The number of non-ortho nitro benzene ring substituents is 1. The zero-order chi connectivity index (χ0) is 29.4. The Morgan fingerprint density at radius 3 is 2.58 bits per heavy atom. The summed E-state index contributed by atoms with van der Waals surface area (Å²) in [5.74, 6) is -4.52. The molecule has 0 heterocycles. The van der Waals surface area contributed by atoms with Crippen LogP contribution in [0.5, 0.6) is 0 Å². The molecule has 1 aromatic carbocycles. The number of esters is 1. The van der Waals surface area contributed by atoms with Gasteiger partial charge in [0.05, 0.1) is 16.6 Å². The number of halogens is 2. The maximum Gasteiger partial charge on any atom is 0.339 e. The van der Waals surface area contributed by atoms with Crippen molar-refractivity contribution in [1.29, 1.82) is 0 Å². The van der Waals surface area contributed by atoms with E-state index >= 15 is 8.78 Å². The molecule has 4 aliphatic rings. The zero-order valence-electron chi connectivity index (χ0n) is 22.6. The van der Waals surface area contributed by atoms with Crippen LogP contribution in [0.25, 0.3) is 0 Å². The van der Waals surface area contributed by atoms with Gasteiger partial charge in [0, 0.05) is 41.8 Å². The average Bonchev–Trinajstić information content (AvgIpc) is 3.13. The van der Waals surface area contributed by atoms with Crippen molar-refractivity contribution in [3.8, 4) is 0 Å². The molecule has 0 aromatic heterocycles. The number of allylic oxidation sites excluding steroid dienone is 4. The maximum atomic E-state index is 17.5. The predicted octanol–water partition coefficient (Wildman–Crippen LogP) is 3.80. The number of carbonyl (C=O) groups excluding carboxylic acids is 3. The molecule has 3 saturated carbocycles. The smallest absolute Gasteiger partial charge is 0.339 e. The zero-order valence-corrected chi connectivity index (χ0v) is 22.6. The number of aliphatic hydroxyl groups is 1. The fourth-order valence-corrected chi connectivity index (χ4v) is 8.41. The number of ether oxygens (including phenoxy) is 1. The minimum absolute atomic E-state index is 0.0119. The molecule has 11 heteroatoms. The molecule has 1 amide bonds. The Morgan fingerprint density at radius 1 is 1.23 bits per heavy atom. The van der Waals surface area contributed by atoms with Crippen molar-refractivity contribution in [3.05, 3.63) is 63.7 Å². The van der Waals surface area contributed by atoms with Crippen LogP contribution in [0.2, 0.25) is 0 Å². The van der Waals surface area contributed by atoms with Gasteiger partial charge in [-0.25, -0.2) is 13.6 Å².